The predicted molar refractivity (Wildman–Crippen MR) is 93.6 cm³/mol. The molecule has 146 valence electrons. The number of ether oxygens (including phenoxy) is 5. The molecule has 0 atom stereocenters. The highest BCUT2D eigenvalue weighted by Gasteiger charge is 2.21. The Morgan fingerprint density at radius 2 is 1.18 bits per heavy atom. The van der Waals surface area contributed by atoms with Gasteiger partial charge in [-0.25, -0.2) is 19.2 Å². The van der Waals surface area contributed by atoms with E-state index >= 15 is 0 Å². The number of hydrogen-bond donors (Lipinski definition) is 0. The van der Waals surface area contributed by atoms with Crippen LogP contribution in [0.25, 0.3) is 0 Å². The van der Waals surface area contributed by atoms with Crippen LogP contribution in [0.2, 0.25) is 0 Å². The lowest BCUT2D eigenvalue weighted by atomic mass is 10.1. The molecule has 0 radical (unpaired) electrons. The van der Waals surface area contributed by atoms with E-state index in [9.17, 15) is 19.2 Å². The Kier molecular flexibility index (Phi) is 6.69. The molecule has 0 aliphatic heterocycles. The fourth-order valence-corrected chi connectivity index (χ4v) is 2.17. The molecular formula is C19H16O9. The molecule has 2 aromatic carbocycles. The van der Waals surface area contributed by atoms with Crippen LogP contribution >= 0.6 is 0 Å². The summed E-state index contributed by atoms with van der Waals surface area (Å²) in [5.74, 6) is -2.54. The molecule has 2 rings (SSSR count). The number of para-hydroxylation sites is 1. The van der Waals surface area contributed by atoms with Gasteiger partial charge in [0, 0.05) is 0 Å². The lowest BCUT2D eigenvalue weighted by molar-refractivity contribution is 0.0586. The maximum atomic E-state index is 12.1. The zero-order chi connectivity index (χ0) is 20.7. The Labute approximate surface area is 159 Å². The van der Waals surface area contributed by atoms with E-state index in [2.05, 4.69) is 14.2 Å². The third-order valence-corrected chi connectivity index (χ3v) is 3.48. The Bertz CT molecular complexity index is 917. The van der Waals surface area contributed by atoms with Crippen LogP contribution in [0.5, 0.6) is 11.5 Å². The van der Waals surface area contributed by atoms with Crippen LogP contribution in [0.15, 0.2) is 42.5 Å². The van der Waals surface area contributed by atoms with Crippen molar-refractivity contribution in [2.45, 2.75) is 0 Å². The zero-order valence-electron chi connectivity index (χ0n) is 15.2. The van der Waals surface area contributed by atoms with E-state index in [0.717, 1.165) is 13.2 Å². The number of carbonyl (C=O) groups excluding carboxylic acids is 4. The highest BCUT2D eigenvalue weighted by atomic mass is 16.7. The summed E-state index contributed by atoms with van der Waals surface area (Å²) in [5.41, 5.74) is -0.126. The van der Waals surface area contributed by atoms with Gasteiger partial charge in [0.05, 0.1) is 26.9 Å². The second-order valence-electron chi connectivity index (χ2n) is 5.14. The van der Waals surface area contributed by atoms with E-state index in [1.54, 1.807) is 12.1 Å². The summed E-state index contributed by atoms with van der Waals surface area (Å²) in [6, 6.07) is 9.54. The normalized spacial score (nSPS) is 9.82. The van der Waals surface area contributed by atoms with Crippen molar-refractivity contribution in [1.29, 1.82) is 0 Å². The molecule has 0 bridgehead atoms. The first-order chi connectivity index (χ1) is 13.4. The number of esters is 3. The fourth-order valence-electron chi connectivity index (χ4n) is 2.17. The van der Waals surface area contributed by atoms with Crippen molar-refractivity contribution >= 4 is 24.1 Å². The van der Waals surface area contributed by atoms with Crippen LogP contribution in [0.4, 0.5) is 4.79 Å². The molecular weight excluding hydrogens is 372 g/mol. The molecule has 9 heteroatoms. The second kappa shape index (κ2) is 9.17. The summed E-state index contributed by atoms with van der Waals surface area (Å²) in [4.78, 5) is 47.5. The summed E-state index contributed by atoms with van der Waals surface area (Å²) in [6.07, 6.45) is -1.22. The minimum absolute atomic E-state index is 0.0104. The second-order valence-corrected chi connectivity index (χ2v) is 5.14. The number of benzene rings is 2. The monoisotopic (exact) mass is 388 g/mol. The van der Waals surface area contributed by atoms with Gasteiger partial charge >= 0.3 is 24.1 Å². The van der Waals surface area contributed by atoms with E-state index in [4.69, 9.17) is 9.47 Å². The van der Waals surface area contributed by atoms with Crippen LogP contribution in [-0.4, -0.2) is 45.4 Å². The maximum Gasteiger partial charge on any atom is 0.519 e. The van der Waals surface area contributed by atoms with Crippen molar-refractivity contribution in [2.75, 3.05) is 21.3 Å². The molecule has 0 unspecified atom stereocenters. The van der Waals surface area contributed by atoms with Gasteiger partial charge in [0.2, 0.25) is 0 Å². The van der Waals surface area contributed by atoms with Crippen molar-refractivity contribution in [1.82, 2.24) is 0 Å². The first-order valence-electron chi connectivity index (χ1n) is 7.79. The van der Waals surface area contributed by atoms with Gasteiger partial charge < -0.3 is 23.7 Å². The molecule has 0 aliphatic rings. The number of hydrogen-bond acceptors (Lipinski definition) is 9. The molecule has 0 N–H and O–H groups in total. The number of rotatable bonds is 5. The summed E-state index contributed by atoms with van der Waals surface area (Å²) in [7, 11) is 3.49. The first-order valence-corrected chi connectivity index (χ1v) is 7.79. The maximum absolute atomic E-state index is 12.1. The lowest BCUT2D eigenvalue weighted by Gasteiger charge is -2.11. The van der Waals surface area contributed by atoms with Crippen LogP contribution < -0.4 is 9.47 Å². The Balaban J connectivity index is 2.28. The highest BCUT2D eigenvalue weighted by molar-refractivity contribution is 5.98. The topological polar surface area (TPSA) is 114 Å². The largest absolute Gasteiger partial charge is 0.519 e. The molecule has 0 amide bonds. The van der Waals surface area contributed by atoms with Gasteiger partial charge in [-0.1, -0.05) is 12.1 Å². The predicted octanol–water partition coefficient (Wildman–Crippen LogP) is 2.62. The van der Waals surface area contributed by atoms with Crippen LogP contribution in [0.1, 0.15) is 31.1 Å². The standard InChI is InChI=1S/C19H16O9/c1-24-16(20)11-8-9-15(13(10-11)18(22)26-3)28-19(23)27-14-7-5-4-6-12(14)17(21)25-2/h4-10H,1-3H3. The molecule has 2 aromatic rings. The van der Waals surface area contributed by atoms with E-state index in [1.807, 2.05) is 0 Å². The summed E-state index contributed by atoms with van der Waals surface area (Å²) < 4.78 is 23.9. The van der Waals surface area contributed by atoms with Gasteiger partial charge in [-0.05, 0) is 30.3 Å². The van der Waals surface area contributed by atoms with Crippen LogP contribution in [0.3, 0.4) is 0 Å². The molecule has 9 nitrogen and oxygen atoms in total. The Morgan fingerprint density at radius 3 is 1.79 bits per heavy atom. The third kappa shape index (κ3) is 4.64. The average molecular weight is 388 g/mol. The average Bonchev–Trinajstić information content (AvgIpc) is 2.72. The van der Waals surface area contributed by atoms with Crippen molar-refractivity contribution < 1.29 is 42.9 Å². The van der Waals surface area contributed by atoms with Crippen molar-refractivity contribution in [2.24, 2.45) is 0 Å². The molecule has 0 saturated heterocycles. The highest BCUT2D eigenvalue weighted by Crippen LogP contribution is 2.24. The first kappa shape index (κ1) is 20.4. The zero-order valence-corrected chi connectivity index (χ0v) is 15.2. The molecule has 28 heavy (non-hydrogen) atoms. The van der Waals surface area contributed by atoms with Gasteiger partial charge in [-0.3, -0.25) is 0 Å². The smallest absolute Gasteiger partial charge is 0.465 e. The molecule has 0 heterocycles. The van der Waals surface area contributed by atoms with Crippen molar-refractivity contribution in [3.8, 4) is 11.5 Å². The summed E-state index contributed by atoms with van der Waals surface area (Å²) >= 11 is 0. The summed E-state index contributed by atoms with van der Waals surface area (Å²) in [5, 5.41) is 0. The quantitative estimate of drug-likeness (QED) is 0.433. The molecule has 0 fully saturated rings. The SMILES string of the molecule is COC(=O)c1ccc(OC(=O)Oc2ccccc2C(=O)OC)c(C(=O)OC)c1. The van der Waals surface area contributed by atoms with Gasteiger partial charge in [-0.15, -0.1) is 0 Å². The van der Waals surface area contributed by atoms with Crippen LogP contribution in [0, 0.1) is 0 Å². The van der Waals surface area contributed by atoms with E-state index in [-0.39, 0.29) is 28.2 Å². The van der Waals surface area contributed by atoms with Crippen molar-refractivity contribution in [3.05, 3.63) is 59.2 Å². The van der Waals surface area contributed by atoms with Gasteiger partial charge in [-0.2, -0.15) is 0 Å². The third-order valence-electron chi connectivity index (χ3n) is 3.48. The van der Waals surface area contributed by atoms with Gasteiger partial charge in [0.15, 0.2) is 0 Å². The van der Waals surface area contributed by atoms with Crippen molar-refractivity contribution in [3.63, 3.8) is 0 Å². The molecule has 0 spiro atoms. The molecule has 0 aromatic heterocycles. The molecule has 0 aliphatic carbocycles. The minimum atomic E-state index is -1.22. The fraction of sp³-hybridized carbons (Fsp3) is 0.158. The summed E-state index contributed by atoms with van der Waals surface area (Å²) in [6.45, 7) is 0. The van der Waals surface area contributed by atoms with Gasteiger partial charge in [0.25, 0.3) is 0 Å². The van der Waals surface area contributed by atoms with Crippen LogP contribution in [-0.2, 0) is 14.2 Å². The molecule has 0 saturated carbocycles. The lowest BCUT2D eigenvalue weighted by Crippen LogP contribution is -2.18. The number of carbonyl (C=O) groups is 4. The van der Waals surface area contributed by atoms with E-state index < -0.39 is 24.1 Å². The Hall–Kier alpha value is -3.88. The Morgan fingerprint density at radius 1 is 0.643 bits per heavy atom. The van der Waals surface area contributed by atoms with E-state index in [1.165, 1.54) is 38.5 Å². The van der Waals surface area contributed by atoms with E-state index in [0.29, 0.717) is 0 Å². The number of methoxy groups -OCH3 is 3. The minimum Gasteiger partial charge on any atom is -0.465 e. The van der Waals surface area contributed by atoms with Gasteiger partial charge in [0.1, 0.15) is 22.6 Å².